The third-order valence-corrected chi connectivity index (χ3v) is 4.31. The molecule has 0 aromatic carbocycles. The standard InChI is InChI=1S/C12H23N/c1-4-13-6-5-11-10(8-13)7-12(11)9(2)3/h9-12H,4-8H2,1-3H3. The van der Waals surface area contributed by atoms with Gasteiger partial charge in [-0.15, -0.1) is 0 Å². The van der Waals surface area contributed by atoms with E-state index in [0.717, 1.165) is 23.7 Å². The predicted molar refractivity (Wildman–Crippen MR) is 56.7 cm³/mol. The highest BCUT2D eigenvalue weighted by molar-refractivity contribution is 4.95. The lowest BCUT2D eigenvalue weighted by Gasteiger charge is -2.52. The molecule has 0 aromatic rings. The highest BCUT2D eigenvalue weighted by atomic mass is 15.1. The summed E-state index contributed by atoms with van der Waals surface area (Å²) in [6.45, 7) is 11.1. The second-order valence-electron chi connectivity index (χ2n) is 5.25. The first-order valence-corrected chi connectivity index (χ1v) is 5.94. The lowest BCUT2D eigenvalue weighted by atomic mass is 9.58. The molecule has 13 heavy (non-hydrogen) atoms. The Bertz CT molecular complexity index is 176. The van der Waals surface area contributed by atoms with Crippen molar-refractivity contribution < 1.29 is 0 Å². The Morgan fingerprint density at radius 3 is 2.69 bits per heavy atom. The van der Waals surface area contributed by atoms with Crippen molar-refractivity contribution in [2.75, 3.05) is 19.6 Å². The van der Waals surface area contributed by atoms with Crippen molar-refractivity contribution in [3.8, 4) is 0 Å². The molecule has 2 fully saturated rings. The minimum absolute atomic E-state index is 0.925. The second-order valence-corrected chi connectivity index (χ2v) is 5.25. The lowest BCUT2D eigenvalue weighted by Crippen LogP contribution is -2.51. The SMILES string of the molecule is CCN1CCC2C(CC2C(C)C)C1. The Morgan fingerprint density at radius 1 is 1.38 bits per heavy atom. The minimum Gasteiger partial charge on any atom is -0.303 e. The lowest BCUT2D eigenvalue weighted by molar-refractivity contribution is -0.0327. The van der Waals surface area contributed by atoms with Gasteiger partial charge in [-0.1, -0.05) is 20.8 Å². The zero-order valence-corrected chi connectivity index (χ0v) is 9.29. The first-order valence-electron chi connectivity index (χ1n) is 5.94. The van der Waals surface area contributed by atoms with Gasteiger partial charge in [0, 0.05) is 6.54 Å². The number of fused-ring (bicyclic) bond motifs is 1. The van der Waals surface area contributed by atoms with Gasteiger partial charge in [-0.25, -0.2) is 0 Å². The van der Waals surface area contributed by atoms with E-state index in [4.69, 9.17) is 0 Å². The van der Waals surface area contributed by atoms with Crippen LogP contribution in [0.4, 0.5) is 0 Å². The van der Waals surface area contributed by atoms with E-state index in [9.17, 15) is 0 Å². The summed E-state index contributed by atoms with van der Waals surface area (Å²) in [7, 11) is 0. The smallest absolute Gasteiger partial charge is 0.00124 e. The Labute approximate surface area is 82.5 Å². The van der Waals surface area contributed by atoms with Crippen LogP contribution in [-0.2, 0) is 0 Å². The maximum absolute atomic E-state index is 2.62. The topological polar surface area (TPSA) is 3.24 Å². The van der Waals surface area contributed by atoms with Crippen molar-refractivity contribution in [1.82, 2.24) is 4.90 Å². The van der Waals surface area contributed by atoms with Crippen molar-refractivity contribution >= 4 is 0 Å². The maximum atomic E-state index is 2.62. The molecule has 2 rings (SSSR count). The van der Waals surface area contributed by atoms with Gasteiger partial charge in [0.05, 0.1) is 0 Å². The molecule has 3 atom stereocenters. The van der Waals surface area contributed by atoms with Crippen LogP contribution in [0, 0.1) is 23.7 Å². The van der Waals surface area contributed by atoms with Crippen LogP contribution in [0.25, 0.3) is 0 Å². The monoisotopic (exact) mass is 181 g/mol. The van der Waals surface area contributed by atoms with E-state index in [1.165, 1.54) is 32.5 Å². The van der Waals surface area contributed by atoms with Crippen LogP contribution in [0.2, 0.25) is 0 Å². The molecule has 0 bridgehead atoms. The minimum atomic E-state index is 0.925. The summed E-state index contributed by atoms with van der Waals surface area (Å²) in [4.78, 5) is 2.62. The fourth-order valence-corrected chi connectivity index (χ4v) is 3.32. The summed E-state index contributed by atoms with van der Waals surface area (Å²) in [5.74, 6) is 4.13. The van der Waals surface area contributed by atoms with Gasteiger partial charge in [0.2, 0.25) is 0 Å². The number of piperidine rings is 1. The van der Waals surface area contributed by atoms with Gasteiger partial charge in [0.1, 0.15) is 0 Å². The van der Waals surface area contributed by atoms with E-state index < -0.39 is 0 Å². The van der Waals surface area contributed by atoms with Crippen LogP contribution in [0.5, 0.6) is 0 Å². The number of hydrogen-bond donors (Lipinski definition) is 0. The predicted octanol–water partition coefficient (Wildman–Crippen LogP) is 2.62. The third kappa shape index (κ3) is 1.63. The summed E-state index contributed by atoms with van der Waals surface area (Å²) in [6, 6.07) is 0. The molecule has 0 radical (unpaired) electrons. The summed E-state index contributed by atoms with van der Waals surface area (Å²) in [5.41, 5.74) is 0. The average molecular weight is 181 g/mol. The van der Waals surface area contributed by atoms with E-state index in [1.54, 1.807) is 0 Å². The number of nitrogens with zero attached hydrogens (tertiary/aromatic N) is 1. The fraction of sp³-hybridized carbons (Fsp3) is 1.00. The van der Waals surface area contributed by atoms with Gasteiger partial charge in [-0.3, -0.25) is 0 Å². The molecule has 1 saturated carbocycles. The van der Waals surface area contributed by atoms with Gasteiger partial charge >= 0.3 is 0 Å². The van der Waals surface area contributed by atoms with Crippen molar-refractivity contribution in [1.29, 1.82) is 0 Å². The quantitative estimate of drug-likeness (QED) is 0.633. The van der Waals surface area contributed by atoms with E-state index in [0.29, 0.717) is 0 Å². The highest BCUT2D eigenvalue weighted by Crippen LogP contribution is 2.48. The van der Waals surface area contributed by atoms with Gasteiger partial charge < -0.3 is 4.90 Å². The molecule has 1 nitrogen and oxygen atoms in total. The van der Waals surface area contributed by atoms with Gasteiger partial charge in [-0.2, -0.15) is 0 Å². The van der Waals surface area contributed by atoms with Crippen LogP contribution in [0.3, 0.4) is 0 Å². The summed E-state index contributed by atoms with van der Waals surface area (Å²) in [5, 5.41) is 0. The Hall–Kier alpha value is -0.0400. The molecular formula is C12H23N. The zero-order valence-electron chi connectivity index (χ0n) is 9.29. The molecule has 0 aromatic heterocycles. The fourth-order valence-electron chi connectivity index (χ4n) is 3.32. The molecule has 2 aliphatic rings. The van der Waals surface area contributed by atoms with Crippen molar-refractivity contribution in [3.05, 3.63) is 0 Å². The van der Waals surface area contributed by atoms with Crippen LogP contribution >= 0.6 is 0 Å². The molecule has 1 heteroatoms. The maximum Gasteiger partial charge on any atom is 0.00124 e. The summed E-state index contributed by atoms with van der Waals surface area (Å²) < 4.78 is 0. The third-order valence-electron chi connectivity index (χ3n) is 4.31. The van der Waals surface area contributed by atoms with Crippen LogP contribution in [0.15, 0.2) is 0 Å². The van der Waals surface area contributed by atoms with Crippen LogP contribution < -0.4 is 0 Å². The molecule has 1 aliphatic heterocycles. The van der Waals surface area contributed by atoms with Gasteiger partial charge in [-0.05, 0) is 49.6 Å². The highest BCUT2D eigenvalue weighted by Gasteiger charge is 2.44. The summed E-state index contributed by atoms with van der Waals surface area (Å²) >= 11 is 0. The molecule has 0 spiro atoms. The van der Waals surface area contributed by atoms with Crippen LogP contribution in [0.1, 0.15) is 33.6 Å². The molecule has 3 unspecified atom stereocenters. The van der Waals surface area contributed by atoms with E-state index in [1.807, 2.05) is 0 Å². The number of hydrogen-bond acceptors (Lipinski definition) is 1. The van der Waals surface area contributed by atoms with E-state index >= 15 is 0 Å². The van der Waals surface area contributed by atoms with Gasteiger partial charge in [0.15, 0.2) is 0 Å². The Balaban J connectivity index is 1.86. The van der Waals surface area contributed by atoms with E-state index in [-0.39, 0.29) is 0 Å². The Morgan fingerprint density at radius 2 is 2.15 bits per heavy atom. The molecular weight excluding hydrogens is 158 g/mol. The molecule has 0 N–H and O–H groups in total. The normalized spacial score (nSPS) is 40.2. The number of rotatable bonds is 2. The number of likely N-dealkylation sites (tertiary alicyclic amines) is 1. The van der Waals surface area contributed by atoms with Crippen LogP contribution in [-0.4, -0.2) is 24.5 Å². The Kier molecular flexibility index (Phi) is 2.64. The average Bonchev–Trinajstić information content (AvgIpc) is 2.06. The van der Waals surface area contributed by atoms with Crippen molar-refractivity contribution in [2.24, 2.45) is 23.7 Å². The second kappa shape index (κ2) is 3.61. The zero-order chi connectivity index (χ0) is 9.42. The van der Waals surface area contributed by atoms with Crippen molar-refractivity contribution in [3.63, 3.8) is 0 Å². The summed E-state index contributed by atoms with van der Waals surface area (Å²) in [6.07, 6.45) is 2.99. The molecule has 1 heterocycles. The largest absolute Gasteiger partial charge is 0.303 e. The van der Waals surface area contributed by atoms with Crippen molar-refractivity contribution in [2.45, 2.75) is 33.6 Å². The molecule has 0 amide bonds. The van der Waals surface area contributed by atoms with E-state index in [2.05, 4.69) is 25.7 Å². The molecule has 1 saturated heterocycles. The van der Waals surface area contributed by atoms with Gasteiger partial charge in [0.25, 0.3) is 0 Å². The molecule has 76 valence electrons. The first kappa shape index (κ1) is 9.51. The molecule has 1 aliphatic carbocycles. The first-order chi connectivity index (χ1) is 6.22.